The highest BCUT2D eigenvalue weighted by Crippen LogP contribution is 2.25. The number of ketones is 1. The Morgan fingerprint density at radius 1 is 1.41 bits per heavy atom. The van der Waals surface area contributed by atoms with Gasteiger partial charge in [-0.25, -0.2) is 4.98 Å². The van der Waals surface area contributed by atoms with Crippen LogP contribution in [0.25, 0.3) is 0 Å². The second kappa shape index (κ2) is 5.80. The van der Waals surface area contributed by atoms with Gasteiger partial charge in [-0.15, -0.1) is 23.1 Å². The fraction of sp³-hybridized carbons (Fsp3) is 0.167. The largest absolute Gasteiger partial charge is 0.293 e. The Hall–Kier alpha value is -0.650. The standard InChI is InChI=1S/C12H10BrNOS2/c1-8(15)11-6-17-12(14-11)7-16-10-4-2-9(13)3-5-10/h2-6H,7H2,1H3. The van der Waals surface area contributed by atoms with E-state index in [9.17, 15) is 4.79 Å². The van der Waals surface area contributed by atoms with Gasteiger partial charge in [-0.2, -0.15) is 0 Å². The first-order valence-corrected chi connectivity index (χ1v) is 7.64. The molecule has 88 valence electrons. The summed E-state index contributed by atoms with van der Waals surface area (Å²) in [6.45, 7) is 1.54. The number of aromatic nitrogens is 1. The molecule has 1 aromatic heterocycles. The van der Waals surface area contributed by atoms with Gasteiger partial charge in [0.1, 0.15) is 10.7 Å². The van der Waals surface area contributed by atoms with E-state index in [4.69, 9.17) is 0 Å². The third-order valence-corrected chi connectivity index (χ3v) is 4.67. The van der Waals surface area contributed by atoms with Crippen molar-refractivity contribution in [1.29, 1.82) is 0 Å². The Morgan fingerprint density at radius 3 is 2.71 bits per heavy atom. The van der Waals surface area contributed by atoms with Gasteiger partial charge in [0.05, 0.1) is 5.75 Å². The van der Waals surface area contributed by atoms with Crippen molar-refractivity contribution in [2.24, 2.45) is 0 Å². The summed E-state index contributed by atoms with van der Waals surface area (Å²) >= 11 is 6.66. The first kappa shape index (κ1) is 12.8. The number of thiazole rings is 1. The lowest BCUT2D eigenvalue weighted by Crippen LogP contribution is -1.91. The number of nitrogens with zero attached hydrogens (tertiary/aromatic N) is 1. The van der Waals surface area contributed by atoms with Crippen molar-refractivity contribution in [3.8, 4) is 0 Å². The average Bonchev–Trinajstić information content (AvgIpc) is 2.77. The van der Waals surface area contributed by atoms with Crippen LogP contribution >= 0.6 is 39.0 Å². The summed E-state index contributed by atoms with van der Waals surface area (Å²) in [6, 6.07) is 8.17. The molecule has 0 aliphatic carbocycles. The summed E-state index contributed by atoms with van der Waals surface area (Å²) in [6.07, 6.45) is 0. The fourth-order valence-electron chi connectivity index (χ4n) is 1.21. The van der Waals surface area contributed by atoms with Gasteiger partial charge in [0.15, 0.2) is 5.78 Å². The quantitative estimate of drug-likeness (QED) is 0.615. The maximum atomic E-state index is 11.1. The number of carbonyl (C=O) groups excluding carboxylic acids is 1. The molecule has 0 atom stereocenters. The normalized spacial score (nSPS) is 10.5. The van der Waals surface area contributed by atoms with Crippen molar-refractivity contribution >= 4 is 44.8 Å². The van der Waals surface area contributed by atoms with Gasteiger partial charge in [0.25, 0.3) is 0 Å². The summed E-state index contributed by atoms with van der Waals surface area (Å²) in [4.78, 5) is 16.6. The highest BCUT2D eigenvalue weighted by atomic mass is 79.9. The van der Waals surface area contributed by atoms with Gasteiger partial charge in [0.2, 0.25) is 0 Å². The minimum Gasteiger partial charge on any atom is -0.293 e. The van der Waals surface area contributed by atoms with Gasteiger partial charge < -0.3 is 0 Å². The number of carbonyl (C=O) groups is 1. The first-order chi connectivity index (χ1) is 8.15. The molecule has 2 nitrogen and oxygen atoms in total. The molecule has 1 heterocycles. The molecule has 5 heteroatoms. The Labute approximate surface area is 117 Å². The van der Waals surface area contributed by atoms with Gasteiger partial charge in [-0.05, 0) is 24.3 Å². The number of hydrogen-bond donors (Lipinski definition) is 0. The Balaban J connectivity index is 1.97. The Bertz CT molecular complexity index is 522. The zero-order chi connectivity index (χ0) is 12.3. The van der Waals surface area contributed by atoms with E-state index in [1.165, 1.54) is 16.2 Å². The number of halogens is 1. The van der Waals surface area contributed by atoms with Crippen molar-refractivity contribution in [1.82, 2.24) is 4.98 Å². The molecule has 0 bridgehead atoms. The van der Waals surface area contributed by atoms with Crippen LogP contribution in [0.4, 0.5) is 0 Å². The van der Waals surface area contributed by atoms with E-state index < -0.39 is 0 Å². The zero-order valence-corrected chi connectivity index (χ0v) is 12.4. The van der Waals surface area contributed by atoms with E-state index in [0.29, 0.717) is 5.69 Å². The van der Waals surface area contributed by atoms with Gasteiger partial charge in [-0.1, -0.05) is 15.9 Å². The number of hydrogen-bond acceptors (Lipinski definition) is 4. The molecule has 0 amide bonds. The predicted molar refractivity (Wildman–Crippen MR) is 75.8 cm³/mol. The Kier molecular flexibility index (Phi) is 4.36. The number of Topliss-reactive ketones (excluding diaryl/α,β-unsaturated/α-hetero) is 1. The fourth-order valence-corrected chi connectivity index (χ4v) is 3.23. The maximum Gasteiger partial charge on any atom is 0.178 e. The van der Waals surface area contributed by atoms with Crippen LogP contribution in [-0.4, -0.2) is 10.8 Å². The van der Waals surface area contributed by atoms with Gasteiger partial charge >= 0.3 is 0 Å². The lowest BCUT2D eigenvalue weighted by Gasteiger charge is -1.98. The molecular formula is C12H10BrNOS2. The molecule has 1 aromatic carbocycles. The summed E-state index contributed by atoms with van der Waals surface area (Å²) in [5.74, 6) is 0.834. The van der Waals surface area contributed by atoms with Crippen molar-refractivity contribution in [2.75, 3.05) is 0 Å². The molecule has 2 rings (SSSR count). The second-order valence-electron chi connectivity index (χ2n) is 3.43. The first-order valence-electron chi connectivity index (χ1n) is 4.99. The minimum absolute atomic E-state index is 0.0288. The molecule has 0 saturated carbocycles. The maximum absolute atomic E-state index is 11.1. The predicted octanol–water partition coefficient (Wildman–Crippen LogP) is 4.40. The van der Waals surface area contributed by atoms with Crippen LogP contribution in [0.3, 0.4) is 0 Å². The van der Waals surface area contributed by atoms with Crippen molar-refractivity contribution < 1.29 is 4.79 Å². The van der Waals surface area contributed by atoms with Crippen LogP contribution in [0.2, 0.25) is 0 Å². The molecule has 17 heavy (non-hydrogen) atoms. The summed E-state index contributed by atoms with van der Waals surface area (Å²) < 4.78 is 1.08. The van der Waals surface area contributed by atoms with Crippen LogP contribution < -0.4 is 0 Å². The molecule has 0 N–H and O–H groups in total. The van der Waals surface area contributed by atoms with Crippen LogP contribution in [-0.2, 0) is 5.75 Å². The summed E-state index contributed by atoms with van der Waals surface area (Å²) in [7, 11) is 0. The number of rotatable bonds is 4. The van der Waals surface area contributed by atoms with Crippen molar-refractivity contribution in [3.05, 3.63) is 44.8 Å². The van der Waals surface area contributed by atoms with Crippen LogP contribution in [0, 0.1) is 0 Å². The lowest BCUT2D eigenvalue weighted by molar-refractivity contribution is 0.101. The number of thioether (sulfide) groups is 1. The number of benzene rings is 1. The zero-order valence-electron chi connectivity index (χ0n) is 9.14. The monoisotopic (exact) mass is 327 g/mol. The van der Waals surface area contributed by atoms with E-state index in [1.807, 2.05) is 17.5 Å². The van der Waals surface area contributed by atoms with E-state index in [0.717, 1.165) is 15.2 Å². The van der Waals surface area contributed by atoms with Gasteiger partial charge in [0, 0.05) is 21.7 Å². The third-order valence-electron chi connectivity index (χ3n) is 2.09. The highest BCUT2D eigenvalue weighted by Gasteiger charge is 2.06. The van der Waals surface area contributed by atoms with Crippen LogP contribution in [0.1, 0.15) is 22.4 Å². The molecule has 0 fully saturated rings. The average molecular weight is 328 g/mol. The summed E-state index contributed by atoms with van der Waals surface area (Å²) in [5, 5.41) is 2.81. The van der Waals surface area contributed by atoms with Crippen LogP contribution in [0.5, 0.6) is 0 Å². The highest BCUT2D eigenvalue weighted by molar-refractivity contribution is 9.10. The molecule has 0 saturated heterocycles. The van der Waals surface area contributed by atoms with E-state index >= 15 is 0 Å². The van der Waals surface area contributed by atoms with Crippen molar-refractivity contribution in [2.45, 2.75) is 17.6 Å². The second-order valence-corrected chi connectivity index (χ2v) is 6.33. The molecule has 0 unspecified atom stereocenters. The third kappa shape index (κ3) is 3.66. The SMILES string of the molecule is CC(=O)c1csc(CSc2ccc(Br)cc2)n1. The minimum atomic E-state index is 0.0288. The molecule has 0 aliphatic rings. The van der Waals surface area contributed by atoms with Crippen molar-refractivity contribution in [3.63, 3.8) is 0 Å². The smallest absolute Gasteiger partial charge is 0.178 e. The van der Waals surface area contributed by atoms with E-state index in [1.54, 1.807) is 18.7 Å². The van der Waals surface area contributed by atoms with E-state index in [2.05, 4.69) is 33.0 Å². The lowest BCUT2D eigenvalue weighted by atomic mass is 10.4. The molecule has 2 aromatic rings. The molecule has 0 aliphatic heterocycles. The molecular weight excluding hydrogens is 318 g/mol. The van der Waals surface area contributed by atoms with E-state index in [-0.39, 0.29) is 5.78 Å². The summed E-state index contributed by atoms with van der Waals surface area (Å²) in [5.41, 5.74) is 0.571. The molecule has 0 radical (unpaired) electrons. The molecule has 0 spiro atoms. The Morgan fingerprint density at radius 2 is 2.12 bits per heavy atom. The van der Waals surface area contributed by atoms with Crippen LogP contribution in [0.15, 0.2) is 39.0 Å². The topological polar surface area (TPSA) is 30.0 Å². The van der Waals surface area contributed by atoms with Gasteiger partial charge in [-0.3, -0.25) is 4.79 Å².